The van der Waals surface area contributed by atoms with Crippen LogP contribution in [0.5, 0.6) is 0 Å². The minimum absolute atomic E-state index is 0.311. The standard InChI is InChI=1S/C22H19N7O/c30-22(28-20-10-11-25-29(20)17-4-2-1-3-5-17)21-19(26-16-12-23-14-24-13-16)9-8-18(27-21)15-6-7-15/h1-5,8-15,26H,6-7H2,(H,28,30). The summed E-state index contributed by atoms with van der Waals surface area (Å²) >= 11 is 0. The van der Waals surface area contributed by atoms with Crippen molar-refractivity contribution < 1.29 is 4.79 Å². The van der Waals surface area contributed by atoms with Crippen molar-refractivity contribution in [1.29, 1.82) is 0 Å². The molecule has 0 spiro atoms. The van der Waals surface area contributed by atoms with Crippen molar-refractivity contribution in [3.8, 4) is 5.69 Å². The first-order valence-corrected chi connectivity index (χ1v) is 9.72. The summed E-state index contributed by atoms with van der Waals surface area (Å²) in [4.78, 5) is 25.9. The molecule has 1 aliphatic rings. The molecule has 0 atom stereocenters. The van der Waals surface area contributed by atoms with Gasteiger partial charge in [-0.3, -0.25) is 4.79 Å². The Bertz CT molecular complexity index is 1170. The number of benzene rings is 1. The second-order valence-corrected chi connectivity index (χ2v) is 7.08. The van der Waals surface area contributed by atoms with Crippen molar-refractivity contribution in [3.63, 3.8) is 0 Å². The summed E-state index contributed by atoms with van der Waals surface area (Å²) in [6.07, 6.45) is 8.61. The highest BCUT2D eigenvalue weighted by atomic mass is 16.2. The van der Waals surface area contributed by atoms with Crippen LogP contribution in [0.15, 0.2) is 73.4 Å². The average Bonchev–Trinajstić information content (AvgIpc) is 3.54. The molecule has 0 radical (unpaired) electrons. The molecule has 5 rings (SSSR count). The van der Waals surface area contributed by atoms with Crippen molar-refractivity contribution in [2.24, 2.45) is 0 Å². The van der Waals surface area contributed by atoms with Gasteiger partial charge in [-0.1, -0.05) is 18.2 Å². The molecular formula is C22H19N7O. The van der Waals surface area contributed by atoms with E-state index in [0.717, 1.165) is 24.2 Å². The molecule has 8 nitrogen and oxygen atoms in total. The van der Waals surface area contributed by atoms with Crippen LogP contribution in [0.2, 0.25) is 0 Å². The lowest BCUT2D eigenvalue weighted by atomic mass is 10.2. The van der Waals surface area contributed by atoms with Crippen molar-refractivity contribution in [3.05, 3.63) is 84.8 Å². The molecule has 0 saturated heterocycles. The number of nitrogens with one attached hydrogen (secondary N) is 2. The number of hydrogen-bond acceptors (Lipinski definition) is 6. The van der Waals surface area contributed by atoms with E-state index >= 15 is 0 Å². The highest BCUT2D eigenvalue weighted by molar-refractivity contribution is 6.06. The highest BCUT2D eigenvalue weighted by Crippen LogP contribution is 2.39. The summed E-state index contributed by atoms with van der Waals surface area (Å²) in [5, 5.41) is 10.5. The van der Waals surface area contributed by atoms with E-state index < -0.39 is 0 Å². The zero-order chi connectivity index (χ0) is 20.3. The normalized spacial score (nSPS) is 13.1. The number of carbonyl (C=O) groups is 1. The molecule has 4 aromatic rings. The smallest absolute Gasteiger partial charge is 0.277 e. The molecule has 0 bridgehead atoms. The highest BCUT2D eigenvalue weighted by Gasteiger charge is 2.27. The monoisotopic (exact) mass is 397 g/mol. The average molecular weight is 397 g/mol. The van der Waals surface area contributed by atoms with Gasteiger partial charge in [-0.05, 0) is 37.1 Å². The summed E-state index contributed by atoms with van der Waals surface area (Å²) in [6.45, 7) is 0. The Labute approximate surface area is 173 Å². The number of rotatable bonds is 6. The summed E-state index contributed by atoms with van der Waals surface area (Å²) in [6, 6.07) is 15.2. The van der Waals surface area contributed by atoms with Gasteiger partial charge in [0.1, 0.15) is 12.1 Å². The summed E-state index contributed by atoms with van der Waals surface area (Å²) < 4.78 is 1.68. The topological polar surface area (TPSA) is 97.6 Å². The molecule has 8 heteroatoms. The molecule has 3 aromatic heterocycles. The lowest BCUT2D eigenvalue weighted by molar-refractivity contribution is 0.102. The van der Waals surface area contributed by atoms with Crippen LogP contribution < -0.4 is 10.6 Å². The molecule has 1 saturated carbocycles. The Morgan fingerprint density at radius 1 is 1.00 bits per heavy atom. The first-order valence-electron chi connectivity index (χ1n) is 9.72. The largest absolute Gasteiger partial charge is 0.351 e. The minimum atomic E-state index is -0.311. The van der Waals surface area contributed by atoms with E-state index in [1.165, 1.54) is 6.33 Å². The lowest BCUT2D eigenvalue weighted by Gasteiger charge is -2.13. The maximum absolute atomic E-state index is 13.2. The van der Waals surface area contributed by atoms with Gasteiger partial charge in [0.25, 0.3) is 5.91 Å². The molecular weight excluding hydrogens is 378 g/mol. The van der Waals surface area contributed by atoms with Crippen LogP contribution in [-0.2, 0) is 0 Å². The number of carbonyl (C=O) groups excluding carboxylic acids is 1. The Balaban J connectivity index is 1.46. The molecule has 30 heavy (non-hydrogen) atoms. The van der Waals surface area contributed by atoms with Crippen LogP contribution in [0.1, 0.15) is 34.9 Å². The number of amides is 1. The fraction of sp³-hybridized carbons (Fsp3) is 0.136. The van der Waals surface area contributed by atoms with E-state index in [1.807, 2.05) is 42.5 Å². The van der Waals surface area contributed by atoms with Gasteiger partial charge in [-0.15, -0.1) is 0 Å². The number of hydrogen-bond donors (Lipinski definition) is 2. The Hall–Kier alpha value is -4.07. The van der Waals surface area contributed by atoms with Crippen molar-refractivity contribution >= 4 is 23.1 Å². The summed E-state index contributed by atoms with van der Waals surface area (Å²) in [5.41, 5.74) is 3.40. The summed E-state index contributed by atoms with van der Waals surface area (Å²) in [7, 11) is 0. The number of para-hydroxylation sites is 1. The van der Waals surface area contributed by atoms with Crippen LogP contribution in [0.25, 0.3) is 5.69 Å². The number of pyridine rings is 1. The van der Waals surface area contributed by atoms with E-state index in [2.05, 4.69) is 30.7 Å². The maximum Gasteiger partial charge on any atom is 0.277 e. The molecule has 148 valence electrons. The molecule has 2 N–H and O–H groups in total. The SMILES string of the molecule is O=C(Nc1ccnn1-c1ccccc1)c1nc(C2CC2)ccc1Nc1cncnc1. The predicted molar refractivity (Wildman–Crippen MR) is 113 cm³/mol. The van der Waals surface area contributed by atoms with Gasteiger partial charge in [0, 0.05) is 17.7 Å². The first kappa shape index (κ1) is 18.0. The third kappa shape index (κ3) is 3.75. The predicted octanol–water partition coefficient (Wildman–Crippen LogP) is 3.93. The van der Waals surface area contributed by atoms with Gasteiger partial charge >= 0.3 is 0 Å². The van der Waals surface area contributed by atoms with Gasteiger partial charge in [0.2, 0.25) is 0 Å². The molecule has 1 aliphatic carbocycles. The van der Waals surface area contributed by atoms with Crippen LogP contribution >= 0.6 is 0 Å². The Morgan fingerprint density at radius 3 is 2.57 bits per heavy atom. The molecule has 1 amide bonds. The third-order valence-corrected chi connectivity index (χ3v) is 4.85. The van der Waals surface area contributed by atoms with E-state index in [0.29, 0.717) is 28.8 Å². The molecule has 0 aliphatic heterocycles. The van der Waals surface area contributed by atoms with Crippen LogP contribution in [0, 0.1) is 0 Å². The minimum Gasteiger partial charge on any atom is -0.351 e. The van der Waals surface area contributed by atoms with Crippen molar-refractivity contribution in [2.75, 3.05) is 10.6 Å². The van der Waals surface area contributed by atoms with Crippen LogP contribution in [0.4, 0.5) is 17.2 Å². The number of aromatic nitrogens is 5. The maximum atomic E-state index is 13.2. The van der Waals surface area contributed by atoms with E-state index in [4.69, 9.17) is 0 Å². The lowest BCUT2D eigenvalue weighted by Crippen LogP contribution is -2.18. The fourth-order valence-corrected chi connectivity index (χ4v) is 3.22. The van der Waals surface area contributed by atoms with E-state index in [1.54, 1.807) is 29.3 Å². The quantitative estimate of drug-likeness (QED) is 0.512. The van der Waals surface area contributed by atoms with Crippen LogP contribution in [0.3, 0.4) is 0 Å². The number of anilines is 3. The second kappa shape index (κ2) is 7.75. The molecule has 1 fully saturated rings. The Morgan fingerprint density at radius 2 is 1.80 bits per heavy atom. The first-order chi connectivity index (χ1) is 14.8. The van der Waals surface area contributed by atoms with Gasteiger partial charge in [0.15, 0.2) is 5.69 Å². The molecule has 1 aromatic carbocycles. The zero-order valence-electron chi connectivity index (χ0n) is 16.1. The number of nitrogens with zero attached hydrogens (tertiary/aromatic N) is 5. The van der Waals surface area contributed by atoms with Gasteiger partial charge in [0.05, 0.1) is 35.7 Å². The van der Waals surface area contributed by atoms with E-state index in [-0.39, 0.29) is 5.91 Å². The van der Waals surface area contributed by atoms with Gasteiger partial charge in [-0.25, -0.2) is 19.6 Å². The van der Waals surface area contributed by atoms with Gasteiger partial charge < -0.3 is 10.6 Å². The zero-order valence-corrected chi connectivity index (χ0v) is 16.1. The van der Waals surface area contributed by atoms with Crippen molar-refractivity contribution in [1.82, 2.24) is 24.7 Å². The van der Waals surface area contributed by atoms with Crippen LogP contribution in [-0.4, -0.2) is 30.6 Å². The summed E-state index contributed by atoms with van der Waals surface area (Å²) in [5.74, 6) is 0.689. The fourth-order valence-electron chi connectivity index (χ4n) is 3.22. The molecule has 3 heterocycles. The third-order valence-electron chi connectivity index (χ3n) is 4.85. The Kier molecular flexibility index (Phi) is 4.65. The molecule has 0 unspecified atom stereocenters. The van der Waals surface area contributed by atoms with Gasteiger partial charge in [-0.2, -0.15) is 5.10 Å². The van der Waals surface area contributed by atoms with E-state index in [9.17, 15) is 4.79 Å². The second-order valence-electron chi connectivity index (χ2n) is 7.08. The van der Waals surface area contributed by atoms with Crippen molar-refractivity contribution in [2.45, 2.75) is 18.8 Å².